The molecule has 0 N–H and O–H groups in total. The number of aryl methyl sites for hydroxylation is 2. The van der Waals surface area contributed by atoms with E-state index in [1.165, 1.54) is 42.6 Å². The Labute approximate surface area is 138 Å². The van der Waals surface area contributed by atoms with Gasteiger partial charge in [0.15, 0.2) is 0 Å². The molecule has 120 valence electrons. The Morgan fingerprint density at radius 1 is 1.17 bits per heavy atom. The number of aromatic nitrogens is 1. The molecule has 0 saturated carbocycles. The Balaban J connectivity index is 1.40. The Hall–Kier alpha value is -1.87. The van der Waals surface area contributed by atoms with Crippen molar-refractivity contribution in [1.82, 2.24) is 10.1 Å². The molecule has 1 saturated heterocycles. The van der Waals surface area contributed by atoms with Crippen LogP contribution in [0.4, 0.5) is 0 Å². The maximum Gasteiger partial charge on any atom is 0.137 e. The van der Waals surface area contributed by atoms with E-state index in [-0.39, 0.29) is 5.41 Å². The van der Waals surface area contributed by atoms with Crippen molar-refractivity contribution in [2.24, 2.45) is 0 Å². The lowest BCUT2D eigenvalue weighted by Gasteiger charge is -2.39. The van der Waals surface area contributed by atoms with Gasteiger partial charge in [-0.2, -0.15) is 0 Å². The van der Waals surface area contributed by atoms with Gasteiger partial charge < -0.3 is 9.42 Å². The fourth-order valence-corrected chi connectivity index (χ4v) is 4.18. The van der Waals surface area contributed by atoms with Gasteiger partial charge in [0.1, 0.15) is 5.76 Å². The first-order valence-corrected chi connectivity index (χ1v) is 8.61. The minimum absolute atomic E-state index is 0.288. The van der Waals surface area contributed by atoms with Crippen molar-refractivity contribution in [1.29, 1.82) is 0 Å². The summed E-state index contributed by atoms with van der Waals surface area (Å²) in [6.07, 6.45) is 8.25. The van der Waals surface area contributed by atoms with Crippen LogP contribution in [0, 0.1) is 13.8 Å². The van der Waals surface area contributed by atoms with E-state index in [0.29, 0.717) is 0 Å². The Morgan fingerprint density at radius 2 is 1.96 bits per heavy atom. The molecule has 2 aliphatic rings. The molecule has 1 aromatic carbocycles. The number of fused-ring (bicyclic) bond motifs is 2. The van der Waals surface area contributed by atoms with Crippen LogP contribution < -0.4 is 0 Å². The molecule has 3 nitrogen and oxygen atoms in total. The third kappa shape index (κ3) is 2.53. The lowest BCUT2D eigenvalue weighted by atomic mass is 9.74. The summed E-state index contributed by atoms with van der Waals surface area (Å²) in [5.41, 5.74) is 5.57. The summed E-state index contributed by atoms with van der Waals surface area (Å²) in [4.78, 5) is 2.59. The normalized spacial score (nSPS) is 19.4. The molecule has 3 heteroatoms. The molecule has 4 rings (SSSR count). The average molecular weight is 308 g/mol. The summed E-state index contributed by atoms with van der Waals surface area (Å²) < 4.78 is 5.27. The summed E-state index contributed by atoms with van der Waals surface area (Å²) in [6, 6.07) is 8.87. The van der Waals surface area contributed by atoms with E-state index < -0.39 is 0 Å². The maximum atomic E-state index is 5.27. The minimum Gasteiger partial charge on any atom is -0.361 e. The van der Waals surface area contributed by atoms with E-state index in [1.54, 1.807) is 0 Å². The van der Waals surface area contributed by atoms with E-state index in [0.717, 1.165) is 24.4 Å². The first kappa shape index (κ1) is 14.7. The maximum absolute atomic E-state index is 5.27. The Bertz CT molecular complexity index is 716. The van der Waals surface area contributed by atoms with Crippen molar-refractivity contribution in [2.45, 2.75) is 38.5 Å². The topological polar surface area (TPSA) is 29.3 Å². The van der Waals surface area contributed by atoms with Crippen LogP contribution in [0.15, 0.2) is 34.9 Å². The summed E-state index contributed by atoms with van der Waals surface area (Å²) in [6.45, 7) is 7.49. The zero-order chi connectivity index (χ0) is 15.9. The number of piperidine rings is 1. The summed E-state index contributed by atoms with van der Waals surface area (Å²) in [5, 5.41) is 4.06. The molecule has 1 aliphatic heterocycles. The predicted molar refractivity (Wildman–Crippen MR) is 92.5 cm³/mol. The van der Waals surface area contributed by atoms with E-state index in [2.05, 4.69) is 46.5 Å². The fraction of sp³-hybridized carbons (Fsp3) is 0.450. The molecular formula is C20H24N2O. The second-order valence-corrected chi connectivity index (χ2v) is 6.97. The SMILES string of the molecule is Cc1noc(C)c1CCN1CCC2(C=Cc3ccccc32)CC1. The predicted octanol–water partition coefficient (Wildman–Crippen LogP) is 3.89. The molecule has 0 atom stereocenters. The number of hydrogen-bond donors (Lipinski definition) is 0. The first-order valence-electron chi connectivity index (χ1n) is 8.61. The number of rotatable bonds is 3. The highest BCUT2D eigenvalue weighted by Gasteiger charge is 2.37. The minimum atomic E-state index is 0.288. The fourth-order valence-electron chi connectivity index (χ4n) is 4.18. The Morgan fingerprint density at radius 3 is 2.70 bits per heavy atom. The summed E-state index contributed by atoms with van der Waals surface area (Å²) >= 11 is 0. The van der Waals surface area contributed by atoms with Gasteiger partial charge in [0.05, 0.1) is 5.69 Å². The van der Waals surface area contributed by atoms with Gasteiger partial charge in [-0.05, 0) is 57.3 Å². The molecule has 0 radical (unpaired) electrons. The molecular weight excluding hydrogens is 284 g/mol. The van der Waals surface area contributed by atoms with E-state index >= 15 is 0 Å². The Kier molecular flexibility index (Phi) is 3.61. The van der Waals surface area contributed by atoms with Crippen LogP contribution in [-0.4, -0.2) is 29.7 Å². The van der Waals surface area contributed by atoms with Gasteiger partial charge >= 0.3 is 0 Å². The van der Waals surface area contributed by atoms with Crippen molar-refractivity contribution >= 4 is 6.08 Å². The van der Waals surface area contributed by atoms with Crippen molar-refractivity contribution < 1.29 is 4.52 Å². The van der Waals surface area contributed by atoms with Crippen LogP contribution in [0.3, 0.4) is 0 Å². The van der Waals surface area contributed by atoms with E-state index in [1.807, 2.05) is 13.8 Å². The molecule has 2 aromatic rings. The van der Waals surface area contributed by atoms with Crippen LogP contribution >= 0.6 is 0 Å². The third-order valence-corrected chi connectivity index (χ3v) is 5.69. The third-order valence-electron chi connectivity index (χ3n) is 5.69. The van der Waals surface area contributed by atoms with Crippen molar-refractivity contribution in [3.05, 3.63) is 58.5 Å². The highest BCUT2D eigenvalue weighted by Crippen LogP contribution is 2.43. The zero-order valence-electron chi connectivity index (χ0n) is 14.0. The highest BCUT2D eigenvalue weighted by molar-refractivity contribution is 5.65. The smallest absolute Gasteiger partial charge is 0.137 e. The van der Waals surface area contributed by atoms with Crippen LogP contribution in [0.2, 0.25) is 0 Å². The van der Waals surface area contributed by atoms with Crippen molar-refractivity contribution in [3.63, 3.8) is 0 Å². The van der Waals surface area contributed by atoms with Gasteiger partial charge in [-0.3, -0.25) is 0 Å². The summed E-state index contributed by atoms with van der Waals surface area (Å²) in [5.74, 6) is 0.976. The standard InChI is InChI=1S/C20H24N2O/c1-15-18(16(2)23-21-15)8-12-22-13-10-20(11-14-22)9-7-17-5-3-4-6-19(17)20/h3-7,9H,8,10-14H2,1-2H3. The quantitative estimate of drug-likeness (QED) is 0.861. The number of likely N-dealkylation sites (tertiary alicyclic amines) is 1. The van der Waals surface area contributed by atoms with E-state index in [9.17, 15) is 0 Å². The first-order chi connectivity index (χ1) is 11.2. The summed E-state index contributed by atoms with van der Waals surface area (Å²) in [7, 11) is 0. The van der Waals surface area contributed by atoms with Crippen molar-refractivity contribution in [3.8, 4) is 0 Å². The lowest BCUT2D eigenvalue weighted by Crippen LogP contribution is -2.41. The molecule has 0 unspecified atom stereocenters. The number of hydrogen-bond acceptors (Lipinski definition) is 3. The largest absolute Gasteiger partial charge is 0.361 e. The van der Waals surface area contributed by atoms with Gasteiger partial charge in [-0.25, -0.2) is 0 Å². The number of nitrogens with zero attached hydrogens (tertiary/aromatic N) is 2. The van der Waals surface area contributed by atoms with Crippen LogP contribution in [-0.2, 0) is 11.8 Å². The monoisotopic (exact) mass is 308 g/mol. The van der Waals surface area contributed by atoms with Gasteiger partial charge in [-0.15, -0.1) is 0 Å². The average Bonchev–Trinajstić information content (AvgIpc) is 3.09. The second-order valence-electron chi connectivity index (χ2n) is 6.97. The molecule has 0 amide bonds. The molecule has 1 fully saturated rings. The lowest BCUT2D eigenvalue weighted by molar-refractivity contribution is 0.186. The van der Waals surface area contributed by atoms with Gasteiger partial charge in [-0.1, -0.05) is 41.6 Å². The molecule has 2 heterocycles. The van der Waals surface area contributed by atoms with Crippen LogP contribution in [0.5, 0.6) is 0 Å². The zero-order valence-corrected chi connectivity index (χ0v) is 14.0. The van der Waals surface area contributed by atoms with Gasteiger partial charge in [0.25, 0.3) is 0 Å². The van der Waals surface area contributed by atoms with Crippen LogP contribution in [0.25, 0.3) is 6.08 Å². The molecule has 0 bridgehead atoms. The highest BCUT2D eigenvalue weighted by atomic mass is 16.5. The van der Waals surface area contributed by atoms with Gasteiger partial charge in [0.2, 0.25) is 0 Å². The van der Waals surface area contributed by atoms with Crippen LogP contribution in [0.1, 0.15) is 41.0 Å². The number of allylic oxidation sites excluding steroid dienone is 1. The second kappa shape index (κ2) is 5.64. The molecule has 23 heavy (non-hydrogen) atoms. The number of benzene rings is 1. The van der Waals surface area contributed by atoms with E-state index in [4.69, 9.17) is 4.52 Å². The molecule has 1 spiro atoms. The molecule has 1 aliphatic carbocycles. The molecule has 1 aromatic heterocycles. The van der Waals surface area contributed by atoms with Crippen molar-refractivity contribution in [2.75, 3.05) is 19.6 Å². The van der Waals surface area contributed by atoms with Gasteiger partial charge in [0, 0.05) is 17.5 Å².